The predicted octanol–water partition coefficient (Wildman–Crippen LogP) is 5.08. The van der Waals surface area contributed by atoms with E-state index in [2.05, 4.69) is 46.8 Å². The maximum atomic E-state index is 6.10. The quantitative estimate of drug-likeness (QED) is 0.519. The molecular formula is C21H23ClN4S. The number of halogens is 1. The third-order valence-electron chi connectivity index (χ3n) is 4.79. The van der Waals surface area contributed by atoms with Gasteiger partial charge in [0.05, 0.1) is 13.2 Å². The van der Waals surface area contributed by atoms with Gasteiger partial charge in [0.15, 0.2) is 4.77 Å². The van der Waals surface area contributed by atoms with Gasteiger partial charge < -0.3 is 0 Å². The van der Waals surface area contributed by atoms with Crippen LogP contribution in [-0.2, 0) is 19.8 Å². The van der Waals surface area contributed by atoms with E-state index in [0.29, 0.717) is 12.6 Å². The first-order valence-electron chi connectivity index (χ1n) is 9.24. The topological polar surface area (TPSA) is 26.0 Å². The minimum Gasteiger partial charge on any atom is -0.299 e. The highest BCUT2D eigenvalue weighted by molar-refractivity contribution is 7.71. The molecule has 0 aliphatic heterocycles. The van der Waals surface area contributed by atoms with Crippen molar-refractivity contribution < 1.29 is 0 Å². The third kappa shape index (κ3) is 4.49. The summed E-state index contributed by atoms with van der Waals surface area (Å²) in [6, 6.07) is 18.4. The van der Waals surface area contributed by atoms with E-state index >= 15 is 0 Å². The average Bonchev–Trinajstić information content (AvgIpc) is 3.44. The second-order valence-electron chi connectivity index (χ2n) is 7.27. The van der Waals surface area contributed by atoms with E-state index in [1.165, 1.54) is 24.0 Å². The Bertz CT molecular complexity index is 975. The summed E-state index contributed by atoms with van der Waals surface area (Å²) >= 11 is 11.9. The van der Waals surface area contributed by atoms with Crippen molar-refractivity contribution in [3.63, 3.8) is 0 Å². The minimum atomic E-state index is 0.551. The summed E-state index contributed by atoms with van der Waals surface area (Å²) in [6.07, 6.45) is 2.41. The van der Waals surface area contributed by atoms with Crippen LogP contribution in [0.5, 0.6) is 0 Å². The lowest BCUT2D eigenvalue weighted by Crippen LogP contribution is -2.22. The lowest BCUT2D eigenvalue weighted by Gasteiger charge is -2.16. The molecule has 1 saturated carbocycles. The highest BCUT2D eigenvalue weighted by atomic mass is 35.5. The highest BCUT2D eigenvalue weighted by Gasteiger charge is 2.30. The molecule has 0 radical (unpaired) electrons. The van der Waals surface area contributed by atoms with Crippen LogP contribution in [0.4, 0.5) is 0 Å². The first kappa shape index (κ1) is 18.4. The summed E-state index contributed by atoms with van der Waals surface area (Å²) in [5.41, 5.74) is 2.44. The fourth-order valence-corrected chi connectivity index (χ4v) is 3.80. The monoisotopic (exact) mass is 398 g/mol. The molecule has 4 rings (SSSR count). The zero-order chi connectivity index (χ0) is 18.8. The number of rotatable bonds is 7. The lowest BCUT2D eigenvalue weighted by atomic mass is 10.2. The molecule has 0 bridgehead atoms. The summed E-state index contributed by atoms with van der Waals surface area (Å²) < 4.78 is 4.95. The summed E-state index contributed by atoms with van der Waals surface area (Å²) in [4.78, 5) is 2.21. The van der Waals surface area contributed by atoms with E-state index in [0.717, 1.165) is 28.7 Å². The molecule has 140 valence electrons. The van der Waals surface area contributed by atoms with Crippen LogP contribution >= 0.6 is 23.8 Å². The van der Waals surface area contributed by atoms with Crippen LogP contribution in [0.25, 0.3) is 0 Å². The van der Waals surface area contributed by atoms with Crippen LogP contribution in [0, 0.1) is 4.77 Å². The van der Waals surface area contributed by atoms with Gasteiger partial charge in [0.1, 0.15) is 5.82 Å². The first-order valence-corrected chi connectivity index (χ1v) is 10.0. The largest absolute Gasteiger partial charge is 0.299 e. The fourth-order valence-electron chi connectivity index (χ4n) is 3.33. The summed E-state index contributed by atoms with van der Waals surface area (Å²) in [5, 5.41) is 5.64. The van der Waals surface area contributed by atoms with E-state index in [9.17, 15) is 0 Å². The van der Waals surface area contributed by atoms with E-state index < -0.39 is 0 Å². The number of hydrogen-bond acceptors (Lipinski definition) is 3. The Hall–Kier alpha value is -1.95. The number of nitrogens with zero attached hydrogens (tertiary/aromatic N) is 4. The number of hydrogen-bond donors (Lipinski definition) is 0. The van der Waals surface area contributed by atoms with Crippen molar-refractivity contribution in [2.75, 3.05) is 7.05 Å². The summed E-state index contributed by atoms with van der Waals surface area (Å²) in [7, 11) is 2.08. The lowest BCUT2D eigenvalue weighted by molar-refractivity contribution is 0.243. The maximum Gasteiger partial charge on any atom is 0.199 e. The second kappa shape index (κ2) is 7.97. The predicted molar refractivity (Wildman–Crippen MR) is 111 cm³/mol. The number of benzene rings is 2. The van der Waals surface area contributed by atoms with Crippen molar-refractivity contribution in [1.82, 2.24) is 19.2 Å². The molecular weight excluding hydrogens is 376 g/mol. The molecule has 27 heavy (non-hydrogen) atoms. The molecule has 0 spiro atoms. The zero-order valence-electron chi connectivity index (χ0n) is 15.4. The van der Waals surface area contributed by atoms with Gasteiger partial charge in [0.25, 0.3) is 0 Å². The molecule has 2 aromatic carbocycles. The van der Waals surface area contributed by atoms with Crippen LogP contribution in [0.1, 0.15) is 35.7 Å². The smallest absolute Gasteiger partial charge is 0.199 e. The molecule has 1 fully saturated rings. The van der Waals surface area contributed by atoms with Crippen LogP contribution in [0.2, 0.25) is 5.02 Å². The van der Waals surface area contributed by atoms with Crippen molar-refractivity contribution in [1.29, 1.82) is 0 Å². The molecule has 6 heteroatoms. The fraction of sp³-hybridized carbons (Fsp3) is 0.333. The molecule has 0 amide bonds. The van der Waals surface area contributed by atoms with Gasteiger partial charge in [-0.15, -0.1) is 0 Å². The van der Waals surface area contributed by atoms with E-state index in [1.54, 1.807) is 0 Å². The van der Waals surface area contributed by atoms with Gasteiger partial charge in [0.2, 0.25) is 0 Å². The normalized spacial score (nSPS) is 14.0. The van der Waals surface area contributed by atoms with Crippen molar-refractivity contribution in [3.8, 4) is 0 Å². The molecule has 1 aliphatic carbocycles. The molecule has 3 aromatic rings. The van der Waals surface area contributed by atoms with Gasteiger partial charge in [-0.05, 0) is 55.4 Å². The van der Waals surface area contributed by atoms with Crippen LogP contribution < -0.4 is 0 Å². The summed E-state index contributed by atoms with van der Waals surface area (Å²) in [6.45, 7) is 2.24. The zero-order valence-corrected chi connectivity index (χ0v) is 17.0. The Morgan fingerprint density at radius 1 is 1.11 bits per heavy atom. The Morgan fingerprint density at radius 3 is 2.56 bits per heavy atom. The highest BCUT2D eigenvalue weighted by Crippen LogP contribution is 2.39. The van der Waals surface area contributed by atoms with Gasteiger partial charge in [-0.3, -0.25) is 9.47 Å². The van der Waals surface area contributed by atoms with E-state index in [-0.39, 0.29) is 0 Å². The standard InChI is InChI=1S/C21H23ClN4S/c1-24(13-17-8-5-9-19(22)12-17)15-26-21(27)25(20(23-26)18-10-11-18)14-16-6-3-2-4-7-16/h2-9,12,18H,10-11,13-15H2,1H3. The molecule has 0 saturated heterocycles. The van der Waals surface area contributed by atoms with Crippen molar-refractivity contribution >= 4 is 23.8 Å². The molecule has 1 heterocycles. The van der Waals surface area contributed by atoms with E-state index in [1.807, 2.05) is 28.9 Å². The van der Waals surface area contributed by atoms with Gasteiger partial charge in [0, 0.05) is 17.5 Å². The SMILES string of the molecule is CN(Cc1cccc(Cl)c1)Cn1nc(C2CC2)n(Cc2ccccc2)c1=S. The van der Waals surface area contributed by atoms with Crippen molar-refractivity contribution in [2.45, 2.75) is 38.5 Å². The molecule has 4 nitrogen and oxygen atoms in total. The Kier molecular flexibility index (Phi) is 5.43. The van der Waals surface area contributed by atoms with Crippen LogP contribution in [-0.4, -0.2) is 26.3 Å². The Labute approximate surface area is 170 Å². The second-order valence-corrected chi connectivity index (χ2v) is 8.07. The minimum absolute atomic E-state index is 0.551. The Morgan fingerprint density at radius 2 is 1.85 bits per heavy atom. The van der Waals surface area contributed by atoms with Gasteiger partial charge >= 0.3 is 0 Å². The molecule has 1 aromatic heterocycles. The van der Waals surface area contributed by atoms with Crippen molar-refractivity contribution in [2.24, 2.45) is 0 Å². The van der Waals surface area contributed by atoms with Crippen LogP contribution in [0.15, 0.2) is 54.6 Å². The molecule has 0 atom stereocenters. The molecule has 0 N–H and O–H groups in total. The van der Waals surface area contributed by atoms with Gasteiger partial charge in [-0.1, -0.05) is 54.1 Å². The molecule has 1 aliphatic rings. The van der Waals surface area contributed by atoms with E-state index in [4.69, 9.17) is 28.9 Å². The maximum absolute atomic E-state index is 6.10. The summed E-state index contributed by atoms with van der Waals surface area (Å²) in [5.74, 6) is 1.68. The average molecular weight is 399 g/mol. The molecule has 0 unspecified atom stereocenters. The van der Waals surface area contributed by atoms with Crippen molar-refractivity contribution in [3.05, 3.63) is 81.3 Å². The third-order valence-corrected chi connectivity index (χ3v) is 5.46. The Balaban J connectivity index is 1.54. The van der Waals surface area contributed by atoms with Gasteiger partial charge in [-0.25, -0.2) is 4.68 Å². The van der Waals surface area contributed by atoms with Gasteiger partial charge in [-0.2, -0.15) is 5.10 Å². The van der Waals surface area contributed by atoms with Crippen LogP contribution in [0.3, 0.4) is 0 Å². The first-order chi connectivity index (χ1) is 13.1. The number of aromatic nitrogens is 3.